The predicted octanol–water partition coefficient (Wildman–Crippen LogP) is 10.3. The van der Waals surface area contributed by atoms with Crippen molar-refractivity contribution in [3.8, 4) is 0 Å². The molecule has 1 fully saturated rings. The Kier molecular flexibility index (Phi) is 15.0. The van der Waals surface area contributed by atoms with Gasteiger partial charge in [-0.2, -0.15) is 5.41 Å². The second kappa shape index (κ2) is 14.8. The SMILES string of the molecule is C=C(C)C1CCC(C=CC)(CCCC(C)(CCCC)CCCC([CH2-])(C)C)C1CCC.[Y]. The van der Waals surface area contributed by atoms with Gasteiger partial charge in [0.1, 0.15) is 0 Å². The third-order valence-electron chi connectivity index (χ3n) is 8.07. The van der Waals surface area contributed by atoms with Crippen molar-refractivity contribution in [1.29, 1.82) is 0 Å². The maximum Gasteiger partial charge on any atom is 0 e. The van der Waals surface area contributed by atoms with Crippen LogP contribution in [-0.4, -0.2) is 0 Å². The first-order chi connectivity index (χ1) is 14.0. The van der Waals surface area contributed by atoms with Crippen molar-refractivity contribution < 1.29 is 32.7 Å². The van der Waals surface area contributed by atoms with Gasteiger partial charge in [-0.25, -0.2) is 0 Å². The average Bonchev–Trinajstić information content (AvgIpc) is 2.98. The summed E-state index contributed by atoms with van der Waals surface area (Å²) in [4.78, 5) is 0. The van der Waals surface area contributed by atoms with Crippen molar-refractivity contribution in [3.05, 3.63) is 31.2 Å². The van der Waals surface area contributed by atoms with Gasteiger partial charge >= 0.3 is 0 Å². The molecule has 4 atom stereocenters. The number of rotatable bonds is 15. The van der Waals surface area contributed by atoms with Gasteiger partial charge in [-0.3, -0.25) is 0 Å². The van der Waals surface area contributed by atoms with Gasteiger partial charge in [0.25, 0.3) is 0 Å². The Morgan fingerprint density at radius 1 is 1.03 bits per heavy atom. The number of hydrogen-bond acceptors (Lipinski definition) is 0. The van der Waals surface area contributed by atoms with Crippen molar-refractivity contribution in [3.63, 3.8) is 0 Å². The van der Waals surface area contributed by atoms with Gasteiger partial charge in [0, 0.05) is 32.7 Å². The average molecular weight is 505 g/mol. The summed E-state index contributed by atoms with van der Waals surface area (Å²) < 4.78 is 0. The smallest absolute Gasteiger partial charge is 0 e. The molecule has 0 aromatic carbocycles. The predicted molar refractivity (Wildman–Crippen MR) is 138 cm³/mol. The van der Waals surface area contributed by atoms with Gasteiger partial charge in [0.05, 0.1) is 0 Å². The second-order valence-corrected chi connectivity index (χ2v) is 11.9. The molecule has 1 saturated carbocycles. The molecule has 4 unspecified atom stereocenters. The molecule has 0 spiro atoms. The van der Waals surface area contributed by atoms with Crippen LogP contribution in [0, 0.1) is 35.0 Å². The molecule has 0 saturated heterocycles. The molecule has 1 aliphatic rings. The maximum atomic E-state index is 4.37. The van der Waals surface area contributed by atoms with E-state index in [0.717, 1.165) is 11.8 Å². The fourth-order valence-electron chi connectivity index (χ4n) is 6.35. The first-order valence-corrected chi connectivity index (χ1v) is 13.2. The second-order valence-electron chi connectivity index (χ2n) is 11.9. The maximum absolute atomic E-state index is 4.37. The summed E-state index contributed by atoms with van der Waals surface area (Å²) in [6.07, 6.45) is 22.5. The molecule has 0 heterocycles. The third kappa shape index (κ3) is 10.6. The zero-order valence-corrected chi connectivity index (χ0v) is 25.3. The molecular formula is C30H55Y-. The van der Waals surface area contributed by atoms with Gasteiger partial charge in [-0.05, 0) is 81.5 Å². The van der Waals surface area contributed by atoms with Crippen LogP contribution in [0.5, 0.6) is 0 Å². The van der Waals surface area contributed by atoms with Crippen molar-refractivity contribution in [1.82, 2.24) is 0 Å². The standard InChI is InChI=1S/C30H55.Y/c1-10-13-20-29(9,21-14-19-28(6,7)8)22-15-23-30(18-12-3)24-17-26(25(4)5)27(30)16-11-2;/h12,18,26-27H,4,6,10-11,13-17,19-24H2,1-3,5,7-9H3;/q-1;. The van der Waals surface area contributed by atoms with E-state index in [2.05, 4.69) is 74.1 Å². The van der Waals surface area contributed by atoms with Crippen LogP contribution in [0.2, 0.25) is 0 Å². The molecule has 0 aromatic heterocycles. The fourth-order valence-corrected chi connectivity index (χ4v) is 6.35. The van der Waals surface area contributed by atoms with Crippen molar-refractivity contribution in [2.24, 2.45) is 28.1 Å². The van der Waals surface area contributed by atoms with Gasteiger partial charge in [-0.15, -0.1) is 0 Å². The summed E-state index contributed by atoms with van der Waals surface area (Å²) in [5.41, 5.74) is 2.56. The van der Waals surface area contributed by atoms with Crippen LogP contribution in [0.15, 0.2) is 24.3 Å². The summed E-state index contributed by atoms with van der Waals surface area (Å²) in [5.74, 6) is 1.52. The van der Waals surface area contributed by atoms with E-state index in [1.54, 1.807) is 0 Å². The topological polar surface area (TPSA) is 0 Å². The van der Waals surface area contributed by atoms with E-state index in [1.165, 1.54) is 89.0 Å². The molecule has 1 aliphatic carbocycles. The minimum Gasteiger partial charge on any atom is -0.338 e. The molecular weight excluding hydrogens is 449 g/mol. The molecule has 1 rings (SSSR count). The van der Waals surface area contributed by atoms with Crippen LogP contribution in [0.4, 0.5) is 0 Å². The largest absolute Gasteiger partial charge is 0.338 e. The normalized spacial score (nSPS) is 26.1. The van der Waals surface area contributed by atoms with E-state index in [0.29, 0.717) is 10.8 Å². The number of hydrogen-bond donors (Lipinski definition) is 0. The van der Waals surface area contributed by atoms with E-state index in [9.17, 15) is 0 Å². The Labute approximate surface area is 222 Å². The van der Waals surface area contributed by atoms with Gasteiger partial charge < -0.3 is 6.92 Å². The van der Waals surface area contributed by atoms with Gasteiger partial charge in [0.15, 0.2) is 0 Å². The van der Waals surface area contributed by atoms with Crippen LogP contribution in [-0.2, 0) is 32.7 Å². The van der Waals surface area contributed by atoms with E-state index in [1.807, 2.05) is 0 Å². The molecule has 0 amide bonds. The fraction of sp³-hybridized carbons (Fsp3) is 0.833. The first kappa shape index (κ1) is 31.6. The van der Waals surface area contributed by atoms with Crippen molar-refractivity contribution in [2.75, 3.05) is 0 Å². The summed E-state index contributed by atoms with van der Waals surface area (Å²) in [7, 11) is 0. The Balaban J connectivity index is 0.00000900. The molecule has 0 bridgehead atoms. The van der Waals surface area contributed by atoms with Crippen molar-refractivity contribution in [2.45, 2.75) is 132 Å². The Bertz CT molecular complexity index is 525. The van der Waals surface area contributed by atoms with E-state index in [4.69, 9.17) is 0 Å². The van der Waals surface area contributed by atoms with Crippen LogP contribution >= 0.6 is 0 Å². The zero-order valence-electron chi connectivity index (χ0n) is 22.5. The molecule has 31 heavy (non-hydrogen) atoms. The Morgan fingerprint density at radius 3 is 2.16 bits per heavy atom. The zero-order chi connectivity index (χ0) is 22.8. The summed E-state index contributed by atoms with van der Waals surface area (Å²) in [6.45, 7) is 25.0. The molecule has 1 heteroatoms. The van der Waals surface area contributed by atoms with Crippen LogP contribution in [0.3, 0.4) is 0 Å². The molecule has 0 nitrogen and oxygen atoms in total. The Morgan fingerprint density at radius 2 is 1.65 bits per heavy atom. The summed E-state index contributed by atoms with van der Waals surface area (Å²) in [5, 5.41) is 0. The third-order valence-corrected chi connectivity index (χ3v) is 8.07. The van der Waals surface area contributed by atoms with Gasteiger partial charge in [0.2, 0.25) is 0 Å². The molecule has 1 radical (unpaired) electrons. The molecule has 0 aromatic rings. The van der Waals surface area contributed by atoms with Gasteiger partial charge in [-0.1, -0.05) is 97.4 Å². The monoisotopic (exact) mass is 504 g/mol. The molecule has 0 aliphatic heterocycles. The quantitative estimate of drug-likeness (QED) is 0.154. The first-order valence-electron chi connectivity index (χ1n) is 13.2. The number of unbranched alkanes of at least 4 members (excludes halogenated alkanes) is 1. The van der Waals surface area contributed by atoms with Crippen LogP contribution < -0.4 is 0 Å². The van der Waals surface area contributed by atoms with Crippen LogP contribution in [0.25, 0.3) is 0 Å². The minimum absolute atomic E-state index is 0. The number of allylic oxidation sites excluding steroid dienone is 3. The van der Waals surface area contributed by atoms with Crippen molar-refractivity contribution >= 4 is 0 Å². The summed E-state index contributed by atoms with van der Waals surface area (Å²) in [6, 6.07) is 0. The minimum atomic E-state index is 0. The Hall–Kier alpha value is 0.584. The van der Waals surface area contributed by atoms with Crippen LogP contribution in [0.1, 0.15) is 132 Å². The molecule has 0 N–H and O–H groups in total. The van der Waals surface area contributed by atoms with E-state index in [-0.39, 0.29) is 38.1 Å². The van der Waals surface area contributed by atoms with E-state index < -0.39 is 0 Å². The molecule has 179 valence electrons. The van der Waals surface area contributed by atoms with E-state index >= 15 is 0 Å². The summed E-state index contributed by atoms with van der Waals surface area (Å²) >= 11 is 0.